The number of benzene rings is 2. The third kappa shape index (κ3) is 6.44. The Bertz CT molecular complexity index is 1380. The van der Waals surface area contributed by atoms with Gasteiger partial charge in [0.1, 0.15) is 11.4 Å². The average Bonchev–Trinajstić information content (AvgIpc) is 3.64. The van der Waals surface area contributed by atoms with E-state index in [0.717, 1.165) is 34.9 Å². The molecule has 0 radical (unpaired) electrons. The first kappa shape index (κ1) is 25.6. The second-order valence-corrected chi connectivity index (χ2v) is 9.73. The van der Waals surface area contributed by atoms with E-state index < -0.39 is 0 Å². The van der Waals surface area contributed by atoms with Crippen LogP contribution in [0, 0.1) is 0 Å². The van der Waals surface area contributed by atoms with E-state index in [1.807, 2.05) is 60.1 Å². The van der Waals surface area contributed by atoms with E-state index in [-0.39, 0.29) is 17.5 Å². The molecule has 9 heteroatoms. The highest BCUT2D eigenvalue weighted by Crippen LogP contribution is 2.29. The number of thiophene rings is 1. The predicted molar refractivity (Wildman–Crippen MR) is 149 cm³/mol. The van der Waals surface area contributed by atoms with Gasteiger partial charge in [0.2, 0.25) is 0 Å². The molecule has 0 spiro atoms. The van der Waals surface area contributed by atoms with Gasteiger partial charge in [-0.1, -0.05) is 42.5 Å². The Morgan fingerprint density at radius 3 is 2.42 bits per heavy atom. The van der Waals surface area contributed by atoms with E-state index in [4.69, 9.17) is 9.84 Å². The molecule has 0 aliphatic carbocycles. The lowest BCUT2D eigenvalue weighted by Gasteiger charge is -2.26. The predicted octanol–water partition coefficient (Wildman–Crippen LogP) is 3.82. The molecule has 2 aromatic heterocycles. The van der Waals surface area contributed by atoms with Crippen LogP contribution in [0.15, 0.2) is 90.1 Å². The number of nitrogens with zero attached hydrogens (tertiary/aromatic N) is 3. The standard InChI is InChI=1S/C29H29N5O3S/c35-28(22-8-3-1-4-9-22)31-25(29(36)30-13-14-33-15-17-37-18-16-33)20-23-21-34(24-10-5-2-6-11-24)32-27(23)26-12-7-19-38-26/h1-12,19-21H,13-18H2,(H,30,36)(H,31,35). The normalized spacial score (nSPS) is 14.3. The summed E-state index contributed by atoms with van der Waals surface area (Å²) in [5.74, 6) is -0.708. The smallest absolute Gasteiger partial charge is 0.267 e. The zero-order valence-electron chi connectivity index (χ0n) is 20.9. The molecule has 1 fully saturated rings. The van der Waals surface area contributed by atoms with Gasteiger partial charge in [-0.15, -0.1) is 11.3 Å². The van der Waals surface area contributed by atoms with E-state index in [9.17, 15) is 9.59 Å². The zero-order valence-corrected chi connectivity index (χ0v) is 21.7. The van der Waals surface area contributed by atoms with Crippen molar-refractivity contribution < 1.29 is 14.3 Å². The Kier molecular flexibility index (Phi) is 8.39. The van der Waals surface area contributed by atoms with Crippen molar-refractivity contribution in [1.82, 2.24) is 25.3 Å². The summed E-state index contributed by atoms with van der Waals surface area (Å²) in [5.41, 5.74) is 2.98. The molecule has 2 N–H and O–H groups in total. The minimum atomic E-state index is -0.355. The molecule has 2 amide bonds. The molecule has 4 aromatic rings. The third-order valence-corrected chi connectivity index (χ3v) is 7.04. The minimum absolute atomic E-state index is 0.159. The molecule has 1 aliphatic heterocycles. The average molecular weight is 528 g/mol. The van der Waals surface area contributed by atoms with Crippen LogP contribution in [-0.4, -0.2) is 65.9 Å². The lowest BCUT2D eigenvalue weighted by Crippen LogP contribution is -2.42. The molecule has 5 rings (SSSR count). The first-order valence-corrected chi connectivity index (χ1v) is 13.4. The highest BCUT2D eigenvalue weighted by molar-refractivity contribution is 7.13. The molecule has 194 valence electrons. The van der Waals surface area contributed by atoms with E-state index in [0.29, 0.717) is 31.9 Å². The van der Waals surface area contributed by atoms with Crippen LogP contribution >= 0.6 is 11.3 Å². The first-order valence-electron chi connectivity index (χ1n) is 12.5. The maximum Gasteiger partial charge on any atom is 0.267 e. The fourth-order valence-electron chi connectivity index (χ4n) is 4.16. The Balaban J connectivity index is 1.45. The number of rotatable bonds is 9. The summed E-state index contributed by atoms with van der Waals surface area (Å²) in [6.07, 6.45) is 3.58. The van der Waals surface area contributed by atoms with Gasteiger partial charge in [-0.2, -0.15) is 5.10 Å². The van der Waals surface area contributed by atoms with Gasteiger partial charge in [-0.25, -0.2) is 4.68 Å². The van der Waals surface area contributed by atoms with Gasteiger partial charge in [0.05, 0.1) is 23.8 Å². The number of hydrogen-bond donors (Lipinski definition) is 2. The molecule has 8 nitrogen and oxygen atoms in total. The summed E-state index contributed by atoms with van der Waals surface area (Å²) in [5, 5.41) is 12.6. The first-order chi connectivity index (χ1) is 18.7. The third-order valence-electron chi connectivity index (χ3n) is 6.16. The second-order valence-electron chi connectivity index (χ2n) is 8.78. The van der Waals surface area contributed by atoms with Crippen LogP contribution in [0.5, 0.6) is 0 Å². The fraction of sp³-hybridized carbons (Fsp3) is 0.207. The van der Waals surface area contributed by atoms with Gasteiger partial charge < -0.3 is 15.4 Å². The number of ether oxygens (including phenoxy) is 1. The van der Waals surface area contributed by atoms with Crippen molar-refractivity contribution in [2.24, 2.45) is 0 Å². The summed E-state index contributed by atoms with van der Waals surface area (Å²) < 4.78 is 7.19. The quantitative estimate of drug-likeness (QED) is 0.323. The molecule has 1 saturated heterocycles. The minimum Gasteiger partial charge on any atom is -0.379 e. The van der Waals surface area contributed by atoms with Crippen LogP contribution in [0.25, 0.3) is 22.3 Å². The number of morpholine rings is 1. The summed E-state index contributed by atoms with van der Waals surface area (Å²) in [6.45, 7) is 4.24. The van der Waals surface area contributed by atoms with E-state index in [2.05, 4.69) is 15.5 Å². The van der Waals surface area contributed by atoms with Crippen LogP contribution in [-0.2, 0) is 9.53 Å². The summed E-state index contributed by atoms with van der Waals surface area (Å²) in [7, 11) is 0. The van der Waals surface area contributed by atoms with Crippen molar-refractivity contribution in [3.05, 3.63) is 101 Å². The Morgan fingerprint density at radius 2 is 1.71 bits per heavy atom. The van der Waals surface area contributed by atoms with Gasteiger partial charge in [-0.3, -0.25) is 14.5 Å². The van der Waals surface area contributed by atoms with Crippen LogP contribution in [0.1, 0.15) is 15.9 Å². The lowest BCUT2D eigenvalue weighted by molar-refractivity contribution is -0.117. The maximum absolute atomic E-state index is 13.4. The molecular formula is C29H29N5O3S. The van der Waals surface area contributed by atoms with Crippen LogP contribution < -0.4 is 10.6 Å². The van der Waals surface area contributed by atoms with Crippen LogP contribution in [0.2, 0.25) is 0 Å². The molecule has 2 aromatic carbocycles. The van der Waals surface area contributed by atoms with Gasteiger partial charge in [0.25, 0.3) is 11.8 Å². The number of para-hydroxylation sites is 1. The number of aromatic nitrogens is 2. The summed E-state index contributed by atoms with van der Waals surface area (Å²) in [6, 6.07) is 22.6. The molecule has 0 unspecified atom stereocenters. The summed E-state index contributed by atoms with van der Waals surface area (Å²) in [4.78, 5) is 29.6. The molecule has 38 heavy (non-hydrogen) atoms. The highest BCUT2D eigenvalue weighted by atomic mass is 32.1. The molecule has 3 heterocycles. The Hall–Kier alpha value is -4.05. The number of hydrogen-bond acceptors (Lipinski definition) is 6. The zero-order chi connectivity index (χ0) is 26.2. The molecule has 1 aliphatic rings. The number of carbonyl (C=O) groups excluding carboxylic acids is 2. The van der Waals surface area contributed by atoms with Gasteiger partial charge in [0, 0.05) is 43.5 Å². The molecular weight excluding hydrogens is 498 g/mol. The highest BCUT2D eigenvalue weighted by Gasteiger charge is 2.19. The van der Waals surface area contributed by atoms with E-state index in [1.165, 1.54) is 0 Å². The lowest BCUT2D eigenvalue weighted by atomic mass is 10.1. The molecule has 0 atom stereocenters. The Labute approximate surface area is 225 Å². The van der Waals surface area contributed by atoms with E-state index in [1.54, 1.807) is 46.4 Å². The topological polar surface area (TPSA) is 88.5 Å². The maximum atomic E-state index is 13.4. The number of amides is 2. The summed E-state index contributed by atoms with van der Waals surface area (Å²) >= 11 is 1.57. The second kappa shape index (κ2) is 12.5. The van der Waals surface area contributed by atoms with Gasteiger partial charge in [-0.05, 0) is 41.8 Å². The van der Waals surface area contributed by atoms with Crippen LogP contribution in [0.3, 0.4) is 0 Å². The van der Waals surface area contributed by atoms with Gasteiger partial charge >= 0.3 is 0 Å². The van der Waals surface area contributed by atoms with Crippen molar-refractivity contribution in [2.75, 3.05) is 39.4 Å². The van der Waals surface area contributed by atoms with Crippen molar-refractivity contribution in [3.63, 3.8) is 0 Å². The van der Waals surface area contributed by atoms with Crippen molar-refractivity contribution in [2.45, 2.75) is 0 Å². The fourth-order valence-corrected chi connectivity index (χ4v) is 4.89. The number of nitrogens with one attached hydrogen (secondary N) is 2. The monoisotopic (exact) mass is 527 g/mol. The molecule has 0 saturated carbocycles. The Morgan fingerprint density at radius 1 is 0.974 bits per heavy atom. The van der Waals surface area contributed by atoms with Crippen molar-refractivity contribution >= 4 is 29.2 Å². The number of carbonyl (C=O) groups is 2. The van der Waals surface area contributed by atoms with E-state index >= 15 is 0 Å². The van der Waals surface area contributed by atoms with Crippen molar-refractivity contribution in [1.29, 1.82) is 0 Å². The van der Waals surface area contributed by atoms with Gasteiger partial charge in [0.15, 0.2) is 0 Å². The largest absolute Gasteiger partial charge is 0.379 e. The molecule has 0 bridgehead atoms. The SMILES string of the molecule is O=C(NCCN1CCOCC1)C(=Cc1cn(-c2ccccc2)nc1-c1cccs1)NC(=O)c1ccccc1. The van der Waals surface area contributed by atoms with Crippen molar-refractivity contribution in [3.8, 4) is 16.3 Å². The van der Waals surface area contributed by atoms with Crippen LogP contribution in [0.4, 0.5) is 0 Å².